The van der Waals surface area contributed by atoms with Crippen molar-refractivity contribution in [3.8, 4) is 17.2 Å². The van der Waals surface area contributed by atoms with Crippen molar-refractivity contribution in [2.24, 2.45) is 12.2 Å². The molecule has 4 rings (SSSR count). The molecular formula is C23H23ClN4O5S. The van der Waals surface area contributed by atoms with Gasteiger partial charge in [-0.2, -0.15) is 5.10 Å². The van der Waals surface area contributed by atoms with Crippen LogP contribution >= 0.6 is 11.6 Å². The Hall–Kier alpha value is -3.21. The van der Waals surface area contributed by atoms with Crippen LogP contribution in [0, 0.1) is 20.8 Å². The van der Waals surface area contributed by atoms with Gasteiger partial charge >= 0.3 is 0 Å². The highest BCUT2D eigenvalue weighted by Gasteiger charge is 2.24. The molecule has 1 atom stereocenters. The van der Waals surface area contributed by atoms with E-state index in [-0.39, 0.29) is 16.3 Å². The minimum absolute atomic E-state index is 0.0392. The molecule has 178 valence electrons. The zero-order chi connectivity index (χ0) is 24.9. The van der Waals surface area contributed by atoms with E-state index in [0.29, 0.717) is 33.6 Å². The molecule has 9 nitrogen and oxygen atoms in total. The van der Waals surface area contributed by atoms with Crippen molar-refractivity contribution in [2.45, 2.75) is 38.8 Å². The normalized spacial score (nSPS) is 12.8. The molecule has 34 heavy (non-hydrogen) atoms. The molecule has 3 heterocycles. The van der Waals surface area contributed by atoms with E-state index >= 15 is 0 Å². The van der Waals surface area contributed by atoms with E-state index in [1.807, 2.05) is 26.0 Å². The number of primary sulfonamides is 1. The Kier molecular flexibility index (Phi) is 6.01. The number of pyridine rings is 1. The first kappa shape index (κ1) is 23.9. The van der Waals surface area contributed by atoms with Gasteiger partial charge in [0.15, 0.2) is 16.9 Å². The number of aryl methyl sites for hydroxylation is 3. The lowest BCUT2D eigenvalue weighted by Gasteiger charge is -2.19. The number of halogens is 1. The summed E-state index contributed by atoms with van der Waals surface area (Å²) in [6.07, 6.45) is -0.724. The molecule has 0 unspecified atom stereocenters. The Bertz CT molecular complexity index is 1610. The highest BCUT2D eigenvalue weighted by molar-refractivity contribution is 7.89. The van der Waals surface area contributed by atoms with Gasteiger partial charge in [-0.1, -0.05) is 11.6 Å². The van der Waals surface area contributed by atoms with Gasteiger partial charge in [0.1, 0.15) is 22.5 Å². The number of ether oxygens (including phenoxy) is 1. The number of hydrogen-bond donors (Lipinski definition) is 1. The zero-order valence-electron chi connectivity index (χ0n) is 19.2. The molecule has 0 aliphatic heterocycles. The molecule has 3 aromatic heterocycles. The van der Waals surface area contributed by atoms with Crippen LogP contribution in [0.3, 0.4) is 0 Å². The molecule has 0 amide bonds. The predicted octanol–water partition coefficient (Wildman–Crippen LogP) is 3.95. The summed E-state index contributed by atoms with van der Waals surface area (Å²) < 4.78 is 37.9. The van der Waals surface area contributed by atoms with Crippen LogP contribution in [0.1, 0.15) is 35.4 Å². The van der Waals surface area contributed by atoms with Gasteiger partial charge in [0, 0.05) is 18.2 Å². The van der Waals surface area contributed by atoms with Crippen LogP contribution in [-0.2, 0) is 17.1 Å². The lowest BCUT2D eigenvalue weighted by molar-refractivity contribution is 0.219. The van der Waals surface area contributed by atoms with Gasteiger partial charge < -0.3 is 9.15 Å². The molecule has 4 aromatic rings. The Balaban J connectivity index is 1.91. The largest absolute Gasteiger partial charge is 0.483 e. The maximum Gasteiger partial charge on any atom is 0.259 e. The van der Waals surface area contributed by atoms with E-state index in [1.54, 1.807) is 31.6 Å². The van der Waals surface area contributed by atoms with Crippen LogP contribution in [0.25, 0.3) is 22.4 Å². The number of nitrogens with two attached hydrogens (primary N) is 1. The Morgan fingerprint density at radius 1 is 1.18 bits per heavy atom. The fourth-order valence-corrected chi connectivity index (χ4v) is 4.71. The van der Waals surface area contributed by atoms with Gasteiger partial charge in [0.25, 0.3) is 10.0 Å². The Morgan fingerprint density at radius 3 is 2.50 bits per heavy atom. The fraction of sp³-hybridized carbons (Fsp3) is 0.261. The minimum Gasteiger partial charge on any atom is -0.483 e. The summed E-state index contributed by atoms with van der Waals surface area (Å²) in [4.78, 5) is 17.1. The Morgan fingerprint density at radius 2 is 1.88 bits per heavy atom. The van der Waals surface area contributed by atoms with Crippen molar-refractivity contribution in [3.63, 3.8) is 0 Å². The summed E-state index contributed by atoms with van der Waals surface area (Å²) in [6.45, 7) is 7.13. The van der Waals surface area contributed by atoms with E-state index < -0.39 is 21.2 Å². The van der Waals surface area contributed by atoms with Crippen molar-refractivity contribution in [1.29, 1.82) is 0 Å². The summed E-state index contributed by atoms with van der Waals surface area (Å²) in [5.74, 6) is 0.335. The molecule has 0 fully saturated rings. The number of rotatable bonds is 5. The molecule has 0 spiro atoms. The first-order valence-corrected chi connectivity index (χ1v) is 12.2. The van der Waals surface area contributed by atoms with Crippen molar-refractivity contribution >= 4 is 32.6 Å². The van der Waals surface area contributed by atoms with Crippen molar-refractivity contribution in [1.82, 2.24) is 14.8 Å². The van der Waals surface area contributed by atoms with E-state index in [1.165, 1.54) is 12.1 Å². The first-order chi connectivity index (χ1) is 15.9. The van der Waals surface area contributed by atoms with Crippen molar-refractivity contribution in [2.75, 3.05) is 0 Å². The molecule has 0 aliphatic carbocycles. The van der Waals surface area contributed by atoms with E-state index in [9.17, 15) is 13.2 Å². The van der Waals surface area contributed by atoms with E-state index in [0.717, 1.165) is 11.3 Å². The number of benzene rings is 1. The van der Waals surface area contributed by atoms with Gasteiger partial charge in [0.05, 0.1) is 11.1 Å². The predicted molar refractivity (Wildman–Crippen MR) is 129 cm³/mol. The van der Waals surface area contributed by atoms with Crippen LogP contribution in [0.4, 0.5) is 0 Å². The number of sulfonamides is 1. The molecule has 1 aromatic carbocycles. The number of fused-ring (bicyclic) bond motifs is 1. The van der Waals surface area contributed by atoms with Crippen LogP contribution in [0.2, 0.25) is 5.15 Å². The third-order valence-electron chi connectivity index (χ3n) is 5.43. The summed E-state index contributed by atoms with van der Waals surface area (Å²) in [6, 6.07) is 8.20. The van der Waals surface area contributed by atoms with Crippen molar-refractivity contribution in [3.05, 3.63) is 68.1 Å². The average molecular weight is 503 g/mol. The summed E-state index contributed by atoms with van der Waals surface area (Å²) in [7, 11) is -2.42. The topological polar surface area (TPSA) is 130 Å². The summed E-state index contributed by atoms with van der Waals surface area (Å²) in [5.41, 5.74) is 3.43. The van der Waals surface area contributed by atoms with Crippen molar-refractivity contribution < 1.29 is 17.6 Å². The second-order valence-electron chi connectivity index (χ2n) is 8.15. The number of aromatic nitrogens is 3. The highest BCUT2D eigenvalue weighted by Crippen LogP contribution is 2.34. The quantitative estimate of drug-likeness (QED) is 0.409. The second kappa shape index (κ2) is 8.53. The van der Waals surface area contributed by atoms with Crippen LogP contribution < -0.4 is 15.3 Å². The van der Waals surface area contributed by atoms with Gasteiger partial charge in [-0.3, -0.25) is 9.48 Å². The van der Waals surface area contributed by atoms with Crippen LogP contribution in [0.5, 0.6) is 5.75 Å². The maximum absolute atomic E-state index is 13.3. The lowest BCUT2D eigenvalue weighted by Crippen LogP contribution is -2.17. The number of hydrogen-bond acceptors (Lipinski definition) is 7. The SMILES string of the molecule is Cc1cc([C@@H](C)Oc2ccc(Cl)nc2S(N)(=O)=O)c2oc(-c3cc(C)nn3C)c(C)c(=O)c2c1. The van der Waals surface area contributed by atoms with Gasteiger partial charge in [-0.15, -0.1) is 0 Å². The molecule has 2 N–H and O–H groups in total. The number of nitrogens with zero attached hydrogens (tertiary/aromatic N) is 3. The standard InChI is InChI=1S/C23H23ClN4O5S/c1-11-8-15(14(4)32-18-6-7-19(24)26-23(18)34(25,30)31)22-16(9-11)20(29)13(3)21(33-22)17-10-12(2)27-28(17)5/h6-10,14H,1-5H3,(H2,25,30,31)/t14-/m1/s1. The van der Waals surface area contributed by atoms with E-state index in [2.05, 4.69) is 10.1 Å². The van der Waals surface area contributed by atoms with Crippen LogP contribution in [-0.4, -0.2) is 23.2 Å². The molecular weight excluding hydrogens is 480 g/mol. The molecule has 0 radical (unpaired) electrons. The molecule has 11 heteroatoms. The highest BCUT2D eigenvalue weighted by atomic mass is 35.5. The first-order valence-electron chi connectivity index (χ1n) is 10.3. The molecule has 0 aliphatic rings. The Labute approximate surface area is 201 Å². The average Bonchev–Trinajstić information content (AvgIpc) is 3.08. The fourth-order valence-electron chi connectivity index (χ4n) is 3.89. The smallest absolute Gasteiger partial charge is 0.259 e. The maximum atomic E-state index is 13.3. The monoisotopic (exact) mass is 502 g/mol. The van der Waals surface area contributed by atoms with Gasteiger partial charge in [-0.25, -0.2) is 18.5 Å². The second-order valence-corrected chi connectivity index (χ2v) is 10.0. The molecule has 0 saturated heterocycles. The van der Waals surface area contributed by atoms with Crippen LogP contribution in [0.15, 0.2) is 44.6 Å². The lowest BCUT2D eigenvalue weighted by atomic mass is 10.0. The molecule has 0 saturated carbocycles. The minimum atomic E-state index is -4.20. The molecule has 0 bridgehead atoms. The third kappa shape index (κ3) is 4.31. The van der Waals surface area contributed by atoms with Gasteiger partial charge in [-0.05, 0) is 63.6 Å². The summed E-state index contributed by atoms with van der Waals surface area (Å²) >= 11 is 5.85. The summed E-state index contributed by atoms with van der Waals surface area (Å²) in [5, 5.41) is 9.52. The van der Waals surface area contributed by atoms with E-state index in [4.69, 9.17) is 25.9 Å². The van der Waals surface area contributed by atoms with Gasteiger partial charge in [0.2, 0.25) is 5.03 Å². The zero-order valence-corrected chi connectivity index (χ0v) is 20.8. The third-order valence-corrected chi connectivity index (χ3v) is 6.47.